The predicted molar refractivity (Wildman–Crippen MR) is 124 cm³/mol. The number of unbranched alkanes of at least 4 members (excludes halogenated alkanes) is 16. The quantitative estimate of drug-likeness (QED) is 0.162. The highest BCUT2D eigenvalue weighted by atomic mass is 35.5. The summed E-state index contributed by atoms with van der Waals surface area (Å²) >= 11 is 6.48. The van der Waals surface area contributed by atoms with E-state index in [0.29, 0.717) is 0 Å². The molecule has 0 radical (unpaired) electrons. The maximum absolute atomic E-state index is 6.48. The zero-order chi connectivity index (χ0) is 19.4. The van der Waals surface area contributed by atoms with E-state index in [1.54, 1.807) is 0 Å². The molecular weight excluding hydrogens is 348 g/mol. The third-order valence-corrected chi connectivity index (χ3v) is 6.19. The van der Waals surface area contributed by atoms with Crippen molar-refractivity contribution >= 4 is 11.6 Å². The molecular formula is C26H45Cl. The van der Waals surface area contributed by atoms with Gasteiger partial charge in [0.1, 0.15) is 0 Å². The lowest BCUT2D eigenvalue weighted by atomic mass is 10.0. The van der Waals surface area contributed by atoms with Crippen molar-refractivity contribution in [2.24, 2.45) is 0 Å². The average molecular weight is 393 g/mol. The van der Waals surface area contributed by atoms with Gasteiger partial charge in [-0.2, -0.15) is 0 Å². The fraction of sp³-hybridized carbons (Fsp3) is 0.769. The predicted octanol–water partition coefficient (Wildman–Crippen LogP) is 10.0. The maximum atomic E-state index is 6.48. The first-order chi connectivity index (χ1) is 13.3. The van der Waals surface area contributed by atoms with Crippen molar-refractivity contribution in [3.8, 4) is 0 Å². The van der Waals surface area contributed by atoms with Gasteiger partial charge in [0.2, 0.25) is 0 Å². The van der Waals surface area contributed by atoms with Gasteiger partial charge in [0.05, 0.1) is 5.38 Å². The molecule has 1 unspecified atom stereocenters. The molecule has 0 aliphatic heterocycles. The maximum Gasteiger partial charge on any atom is 0.0585 e. The Bertz CT molecular complexity index is 400. The monoisotopic (exact) mass is 392 g/mol. The van der Waals surface area contributed by atoms with E-state index in [9.17, 15) is 0 Å². The molecule has 0 heterocycles. The lowest BCUT2D eigenvalue weighted by molar-refractivity contribution is 0.524. The lowest BCUT2D eigenvalue weighted by Crippen LogP contribution is -1.90. The Morgan fingerprint density at radius 1 is 0.556 bits per heavy atom. The molecule has 0 fully saturated rings. The topological polar surface area (TPSA) is 0 Å². The van der Waals surface area contributed by atoms with Gasteiger partial charge in [0, 0.05) is 0 Å². The fourth-order valence-corrected chi connectivity index (χ4v) is 4.18. The SMILES string of the molecule is CCCCCCCCCCCCCCCCCCCC(Cl)c1ccccc1. The summed E-state index contributed by atoms with van der Waals surface area (Å²) in [6.45, 7) is 2.29. The van der Waals surface area contributed by atoms with E-state index in [4.69, 9.17) is 11.6 Å². The first kappa shape index (κ1) is 24.5. The smallest absolute Gasteiger partial charge is 0.0585 e. The lowest BCUT2D eigenvalue weighted by Gasteiger charge is -2.09. The minimum absolute atomic E-state index is 0.197. The fourth-order valence-electron chi connectivity index (χ4n) is 3.88. The van der Waals surface area contributed by atoms with Crippen molar-refractivity contribution in [2.45, 2.75) is 128 Å². The Hall–Kier alpha value is -0.490. The first-order valence-corrected chi connectivity index (χ1v) is 12.5. The van der Waals surface area contributed by atoms with Crippen LogP contribution in [0.1, 0.15) is 133 Å². The number of benzene rings is 1. The summed E-state index contributed by atoms with van der Waals surface area (Å²) < 4.78 is 0. The molecule has 0 amide bonds. The second kappa shape index (κ2) is 18.9. The van der Waals surface area contributed by atoms with E-state index in [1.807, 2.05) is 0 Å². The van der Waals surface area contributed by atoms with Gasteiger partial charge in [-0.15, -0.1) is 11.6 Å². The molecule has 1 heteroatoms. The van der Waals surface area contributed by atoms with Gasteiger partial charge >= 0.3 is 0 Å². The molecule has 1 aromatic carbocycles. The molecule has 0 nitrogen and oxygen atoms in total. The van der Waals surface area contributed by atoms with E-state index < -0.39 is 0 Å². The summed E-state index contributed by atoms with van der Waals surface area (Å²) in [5, 5.41) is 0.197. The molecule has 156 valence electrons. The zero-order valence-corrected chi connectivity index (χ0v) is 18.8. The van der Waals surface area contributed by atoms with Crippen LogP contribution in [0.2, 0.25) is 0 Å². The van der Waals surface area contributed by atoms with Crippen LogP contribution in [-0.2, 0) is 0 Å². The van der Waals surface area contributed by atoms with Crippen LogP contribution in [0.3, 0.4) is 0 Å². The molecule has 1 atom stereocenters. The highest BCUT2D eigenvalue weighted by Gasteiger charge is 2.06. The van der Waals surface area contributed by atoms with Gasteiger partial charge < -0.3 is 0 Å². The summed E-state index contributed by atoms with van der Waals surface area (Å²) in [5.41, 5.74) is 1.27. The van der Waals surface area contributed by atoms with Crippen LogP contribution in [0.25, 0.3) is 0 Å². The number of halogens is 1. The number of hydrogen-bond donors (Lipinski definition) is 0. The van der Waals surface area contributed by atoms with Crippen molar-refractivity contribution in [2.75, 3.05) is 0 Å². The molecule has 0 saturated heterocycles. The third kappa shape index (κ3) is 15.1. The normalized spacial score (nSPS) is 12.4. The van der Waals surface area contributed by atoms with Crippen molar-refractivity contribution in [1.82, 2.24) is 0 Å². The van der Waals surface area contributed by atoms with Gasteiger partial charge in [0.25, 0.3) is 0 Å². The number of alkyl halides is 1. The van der Waals surface area contributed by atoms with Crippen LogP contribution in [0.5, 0.6) is 0 Å². The molecule has 0 aliphatic rings. The molecule has 27 heavy (non-hydrogen) atoms. The summed E-state index contributed by atoms with van der Waals surface area (Å²) in [5.74, 6) is 0. The molecule has 0 aromatic heterocycles. The van der Waals surface area contributed by atoms with E-state index in [0.717, 1.165) is 6.42 Å². The van der Waals surface area contributed by atoms with Gasteiger partial charge in [0.15, 0.2) is 0 Å². The highest BCUT2D eigenvalue weighted by Crippen LogP contribution is 2.26. The third-order valence-electron chi connectivity index (χ3n) is 5.72. The molecule has 0 saturated carbocycles. The van der Waals surface area contributed by atoms with Crippen molar-refractivity contribution in [1.29, 1.82) is 0 Å². The molecule has 1 aromatic rings. The van der Waals surface area contributed by atoms with Crippen LogP contribution in [0, 0.1) is 0 Å². The van der Waals surface area contributed by atoms with E-state index in [-0.39, 0.29) is 5.38 Å². The van der Waals surface area contributed by atoms with Gasteiger partial charge in [-0.05, 0) is 12.0 Å². The molecule has 0 N–H and O–H groups in total. The molecule has 0 spiro atoms. The Morgan fingerprint density at radius 3 is 1.33 bits per heavy atom. The van der Waals surface area contributed by atoms with Crippen molar-refractivity contribution in [3.05, 3.63) is 35.9 Å². The van der Waals surface area contributed by atoms with Crippen LogP contribution < -0.4 is 0 Å². The largest absolute Gasteiger partial charge is 0.118 e. The van der Waals surface area contributed by atoms with Crippen LogP contribution in [-0.4, -0.2) is 0 Å². The van der Waals surface area contributed by atoms with Crippen molar-refractivity contribution in [3.63, 3.8) is 0 Å². The van der Waals surface area contributed by atoms with Gasteiger partial charge in [-0.1, -0.05) is 146 Å². The minimum Gasteiger partial charge on any atom is -0.118 e. The Labute approximate surface area is 175 Å². The average Bonchev–Trinajstić information content (AvgIpc) is 2.70. The van der Waals surface area contributed by atoms with Crippen LogP contribution in [0.4, 0.5) is 0 Å². The molecule has 0 aliphatic carbocycles. The van der Waals surface area contributed by atoms with Crippen LogP contribution >= 0.6 is 11.6 Å². The zero-order valence-electron chi connectivity index (χ0n) is 18.1. The second-order valence-electron chi connectivity index (χ2n) is 8.32. The summed E-state index contributed by atoms with van der Waals surface area (Å²) in [7, 11) is 0. The van der Waals surface area contributed by atoms with Crippen molar-refractivity contribution < 1.29 is 0 Å². The number of hydrogen-bond acceptors (Lipinski definition) is 0. The van der Waals surface area contributed by atoms with E-state index >= 15 is 0 Å². The Balaban J connectivity index is 1.74. The second-order valence-corrected chi connectivity index (χ2v) is 8.85. The number of rotatable bonds is 19. The summed E-state index contributed by atoms with van der Waals surface area (Å²) in [6, 6.07) is 10.5. The van der Waals surface area contributed by atoms with Gasteiger partial charge in [-0.25, -0.2) is 0 Å². The molecule has 1 rings (SSSR count). The summed E-state index contributed by atoms with van der Waals surface area (Å²) in [6.07, 6.45) is 25.4. The van der Waals surface area contributed by atoms with Gasteiger partial charge in [-0.3, -0.25) is 0 Å². The van der Waals surface area contributed by atoms with E-state index in [1.165, 1.54) is 115 Å². The Kier molecular flexibility index (Phi) is 17.1. The van der Waals surface area contributed by atoms with Crippen LogP contribution in [0.15, 0.2) is 30.3 Å². The highest BCUT2D eigenvalue weighted by molar-refractivity contribution is 6.20. The first-order valence-electron chi connectivity index (χ1n) is 12.0. The van der Waals surface area contributed by atoms with E-state index in [2.05, 4.69) is 37.3 Å². The molecule has 0 bridgehead atoms. The minimum atomic E-state index is 0.197. The standard InChI is InChI=1S/C26H45Cl/c1-2-3-4-5-6-7-8-9-10-11-12-13-14-15-16-17-21-24-26(27)25-22-19-18-20-23-25/h18-20,22-23,26H,2-17,21,24H2,1H3. The summed E-state index contributed by atoms with van der Waals surface area (Å²) in [4.78, 5) is 0. The Morgan fingerprint density at radius 2 is 0.926 bits per heavy atom.